The number of amides is 1. The van der Waals surface area contributed by atoms with Crippen LogP contribution in [0.15, 0.2) is 36.8 Å². The van der Waals surface area contributed by atoms with Crippen LogP contribution in [0, 0.1) is 12.8 Å². The summed E-state index contributed by atoms with van der Waals surface area (Å²) in [6.45, 7) is 4.29. The highest BCUT2D eigenvalue weighted by Crippen LogP contribution is 2.41. The van der Waals surface area contributed by atoms with E-state index >= 15 is 0 Å². The molecule has 1 atom stereocenters. The van der Waals surface area contributed by atoms with Crippen molar-refractivity contribution in [3.05, 3.63) is 58.6 Å². The molecule has 1 saturated carbocycles. The SMILES string of the molecule is Cc1cnc(CNC(=O)c2cc(OC[C@@H]3CCOC3)cc(-c3ncc(C4CCC4)s3)c2)cn1. The molecule has 1 aromatic carbocycles. The van der Waals surface area contributed by atoms with Crippen LogP contribution in [0.4, 0.5) is 0 Å². The van der Waals surface area contributed by atoms with Crippen LogP contribution in [0.2, 0.25) is 0 Å². The molecular formula is C25H28N4O3S. The van der Waals surface area contributed by atoms with Crippen LogP contribution in [-0.2, 0) is 11.3 Å². The number of hydrogen-bond donors (Lipinski definition) is 1. The van der Waals surface area contributed by atoms with E-state index in [1.807, 2.05) is 25.3 Å². The Hall–Kier alpha value is -2.84. The van der Waals surface area contributed by atoms with E-state index in [1.54, 1.807) is 29.8 Å². The molecule has 1 N–H and O–H groups in total. The monoisotopic (exact) mass is 464 g/mol. The van der Waals surface area contributed by atoms with Crippen molar-refractivity contribution in [3.63, 3.8) is 0 Å². The first-order valence-corrected chi connectivity index (χ1v) is 12.3. The fraction of sp³-hybridized carbons (Fsp3) is 0.440. The zero-order valence-corrected chi connectivity index (χ0v) is 19.6. The van der Waals surface area contributed by atoms with Gasteiger partial charge in [0.05, 0.1) is 37.3 Å². The van der Waals surface area contributed by atoms with Crippen molar-refractivity contribution in [2.24, 2.45) is 5.92 Å². The molecule has 33 heavy (non-hydrogen) atoms. The highest BCUT2D eigenvalue weighted by atomic mass is 32.1. The first-order chi connectivity index (χ1) is 16.1. The third-order valence-electron chi connectivity index (χ3n) is 6.22. The molecule has 1 amide bonds. The number of rotatable bonds is 8. The Balaban J connectivity index is 1.35. The van der Waals surface area contributed by atoms with Crippen LogP contribution in [0.1, 0.15) is 58.2 Å². The molecule has 3 heterocycles. The zero-order valence-electron chi connectivity index (χ0n) is 18.8. The van der Waals surface area contributed by atoms with Crippen molar-refractivity contribution < 1.29 is 14.3 Å². The van der Waals surface area contributed by atoms with Gasteiger partial charge in [0.1, 0.15) is 10.8 Å². The van der Waals surface area contributed by atoms with Gasteiger partial charge in [-0.2, -0.15) is 0 Å². The third kappa shape index (κ3) is 5.39. The minimum Gasteiger partial charge on any atom is -0.493 e. The molecular weight excluding hydrogens is 436 g/mol. The van der Waals surface area contributed by atoms with E-state index in [4.69, 9.17) is 9.47 Å². The van der Waals surface area contributed by atoms with Gasteiger partial charge in [-0.15, -0.1) is 11.3 Å². The maximum absolute atomic E-state index is 13.0. The third-order valence-corrected chi connectivity index (χ3v) is 7.43. The van der Waals surface area contributed by atoms with Gasteiger partial charge >= 0.3 is 0 Å². The Labute approximate surface area is 197 Å². The second-order valence-corrected chi connectivity index (χ2v) is 9.88. The number of aromatic nitrogens is 3. The molecule has 2 fully saturated rings. The molecule has 0 unspecified atom stereocenters. The molecule has 0 spiro atoms. The summed E-state index contributed by atoms with van der Waals surface area (Å²) in [5.41, 5.74) is 3.02. The Morgan fingerprint density at radius 1 is 1.15 bits per heavy atom. The van der Waals surface area contributed by atoms with Gasteiger partial charge < -0.3 is 14.8 Å². The average molecular weight is 465 g/mol. The van der Waals surface area contributed by atoms with Crippen LogP contribution in [0.25, 0.3) is 10.6 Å². The highest BCUT2D eigenvalue weighted by Gasteiger charge is 2.23. The fourth-order valence-electron chi connectivity index (χ4n) is 3.95. The number of nitrogens with zero attached hydrogens (tertiary/aromatic N) is 3. The van der Waals surface area contributed by atoms with Crippen molar-refractivity contribution in [1.29, 1.82) is 0 Å². The van der Waals surface area contributed by atoms with Crippen molar-refractivity contribution in [2.75, 3.05) is 19.8 Å². The molecule has 2 aliphatic rings. The summed E-state index contributed by atoms with van der Waals surface area (Å²) in [5, 5.41) is 3.87. The van der Waals surface area contributed by atoms with Crippen LogP contribution in [-0.4, -0.2) is 40.7 Å². The molecule has 1 aliphatic heterocycles. The summed E-state index contributed by atoms with van der Waals surface area (Å²) in [6, 6.07) is 5.68. The number of thiazole rings is 1. The predicted octanol–water partition coefficient (Wildman–Crippen LogP) is 4.52. The second kappa shape index (κ2) is 9.97. The lowest BCUT2D eigenvalue weighted by Crippen LogP contribution is -2.23. The molecule has 8 heteroatoms. The number of carbonyl (C=O) groups is 1. The number of benzene rings is 1. The minimum absolute atomic E-state index is 0.177. The summed E-state index contributed by atoms with van der Waals surface area (Å²) in [5.74, 6) is 1.52. The minimum atomic E-state index is -0.177. The van der Waals surface area contributed by atoms with E-state index in [9.17, 15) is 4.79 Å². The van der Waals surface area contributed by atoms with Crippen molar-refractivity contribution in [3.8, 4) is 16.3 Å². The normalized spacial score (nSPS) is 18.2. The molecule has 172 valence electrons. The summed E-state index contributed by atoms with van der Waals surface area (Å²) < 4.78 is 11.6. The van der Waals surface area contributed by atoms with Crippen LogP contribution in [0.5, 0.6) is 5.75 Å². The van der Waals surface area contributed by atoms with Gasteiger partial charge in [0.2, 0.25) is 0 Å². The topological polar surface area (TPSA) is 86.2 Å². The maximum Gasteiger partial charge on any atom is 0.251 e. The predicted molar refractivity (Wildman–Crippen MR) is 127 cm³/mol. The Kier molecular flexibility index (Phi) is 6.64. The van der Waals surface area contributed by atoms with Crippen LogP contribution >= 0.6 is 11.3 Å². The smallest absolute Gasteiger partial charge is 0.251 e. The molecule has 1 saturated heterocycles. The van der Waals surface area contributed by atoms with Crippen LogP contribution < -0.4 is 10.1 Å². The number of carbonyl (C=O) groups excluding carboxylic acids is 1. The number of hydrogen-bond acceptors (Lipinski definition) is 7. The highest BCUT2D eigenvalue weighted by molar-refractivity contribution is 7.15. The van der Waals surface area contributed by atoms with Gasteiger partial charge in [0.15, 0.2) is 0 Å². The average Bonchev–Trinajstić information content (AvgIpc) is 3.48. The van der Waals surface area contributed by atoms with Crippen molar-refractivity contribution >= 4 is 17.2 Å². The van der Waals surface area contributed by atoms with Gasteiger partial charge in [0.25, 0.3) is 5.91 Å². The molecule has 3 aromatic rings. The molecule has 5 rings (SSSR count). The van der Waals surface area contributed by atoms with E-state index < -0.39 is 0 Å². The summed E-state index contributed by atoms with van der Waals surface area (Å²) >= 11 is 1.72. The van der Waals surface area contributed by atoms with E-state index in [0.29, 0.717) is 42.0 Å². The lowest BCUT2D eigenvalue weighted by atomic mass is 9.85. The Morgan fingerprint density at radius 2 is 2.06 bits per heavy atom. The van der Waals surface area contributed by atoms with E-state index in [0.717, 1.165) is 35.9 Å². The number of nitrogens with one attached hydrogen (secondary N) is 1. The van der Waals surface area contributed by atoms with Gasteiger partial charge in [-0.3, -0.25) is 14.8 Å². The molecule has 0 bridgehead atoms. The largest absolute Gasteiger partial charge is 0.493 e. The zero-order chi connectivity index (χ0) is 22.6. The Bertz CT molecular complexity index is 1110. The maximum atomic E-state index is 13.0. The lowest BCUT2D eigenvalue weighted by molar-refractivity contribution is 0.0949. The Morgan fingerprint density at radius 3 is 2.79 bits per heavy atom. The quantitative estimate of drug-likeness (QED) is 0.527. The fourth-order valence-corrected chi connectivity index (χ4v) is 5.02. The summed E-state index contributed by atoms with van der Waals surface area (Å²) in [7, 11) is 0. The first-order valence-electron chi connectivity index (χ1n) is 11.5. The van der Waals surface area contributed by atoms with Gasteiger partial charge in [-0.25, -0.2) is 4.98 Å². The van der Waals surface area contributed by atoms with E-state index in [2.05, 4.69) is 20.3 Å². The van der Waals surface area contributed by atoms with E-state index in [-0.39, 0.29) is 5.91 Å². The van der Waals surface area contributed by atoms with Gasteiger partial charge in [-0.1, -0.05) is 6.42 Å². The molecule has 7 nitrogen and oxygen atoms in total. The van der Waals surface area contributed by atoms with Crippen LogP contribution in [0.3, 0.4) is 0 Å². The number of aryl methyl sites for hydroxylation is 1. The van der Waals surface area contributed by atoms with Gasteiger partial charge in [-0.05, 0) is 50.3 Å². The molecule has 2 aromatic heterocycles. The summed E-state index contributed by atoms with van der Waals surface area (Å²) in [6.07, 6.45) is 10.1. The summed E-state index contributed by atoms with van der Waals surface area (Å²) in [4.78, 5) is 27.5. The van der Waals surface area contributed by atoms with Gasteiger partial charge in [0, 0.05) is 40.9 Å². The van der Waals surface area contributed by atoms with Crippen molar-refractivity contribution in [1.82, 2.24) is 20.3 Å². The second-order valence-electron chi connectivity index (χ2n) is 8.81. The first kappa shape index (κ1) is 22.0. The number of ether oxygens (including phenoxy) is 2. The molecule has 0 radical (unpaired) electrons. The van der Waals surface area contributed by atoms with E-state index in [1.165, 1.54) is 24.1 Å². The van der Waals surface area contributed by atoms with Crippen molar-refractivity contribution in [2.45, 2.75) is 45.1 Å². The lowest BCUT2D eigenvalue weighted by Gasteiger charge is -2.23. The standard InChI is InChI=1S/C25H28N4O3S/c1-16-10-27-21(11-26-16)12-28-24(30)19-7-20(25-29-13-23(33-25)18-3-2-4-18)9-22(8-19)32-15-17-5-6-31-14-17/h7-11,13,17-18H,2-6,12,14-15H2,1H3,(H,28,30)/t17-/m1/s1. The molecule has 1 aliphatic carbocycles.